The molecule has 3 aromatic rings. The highest BCUT2D eigenvalue weighted by molar-refractivity contribution is 5.88. The van der Waals surface area contributed by atoms with E-state index in [4.69, 9.17) is 9.47 Å². The Morgan fingerprint density at radius 1 is 1.18 bits per heavy atom. The predicted molar refractivity (Wildman–Crippen MR) is 104 cm³/mol. The Bertz CT molecular complexity index is 975. The minimum atomic E-state index is -0.437. The van der Waals surface area contributed by atoms with Crippen LogP contribution in [0.2, 0.25) is 0 Å². The first-order valence-electron chi connectivity index (χ1n) is 9.38. The van der Waals surface area contributed by atoms with Gasteiger partial charge in [0.05, 0.1) is 31.7 Å². The summed E-state index contributed by atoms with van der Waals surface area (Å²) in [5, 5.41) is 8.66. The topological polar surface area (TPSA) is 97.0 Å². The van der Waals surface area contributed by atoms with Crippen LogP contribution in [0, 0.1) is 5.41 Å². The van der Waals surface area contributed by atoms with E-state index in [2.05, 4.69) is 40.9 Å². The van der Waals surface area contributed by atoms with Crippen LogP contribution in [0.1, 0.15) is 50.9 Å². The molecular formula is C19H26N6O3. The van der Waals surface area contributed by atoms with Gasteiger partial charge in [0, 0.05) is 12.7 Å². The first-order valence-corrected chi connectivity index (χ1v) is 9.38. The van der Waals surface area contributed by atoms with Crippen molar-refractivity contribution in [2.75, 3.05) is 13.7 Å². The summed E-state index contributed by atoms with van der Waals surface area (Å²) in [5.41, 5.74) is 1.82. The van der Waals surface area contributed by atoms with Crippen LogP contribution >= 0.6 is 0 Å². The van der Waals surface area contributed by atoms with Crippen LogP contribution in [0.5, 0.6) is 5.88 Å². The maximum absolute atomic E-state index is 11.9. The van der Waals surface area contributed by atoms with Gasteiger partial charge in [-0.25, -0.2) is 14.5 Å². The molecule has 0 amide bonds. The van der Waals surface area contributed by atoms with E-state index in [1.54, 1.807) is 20.2 Å². The fourth-order valence-corrected chi connectivity index (χ4v) is 3.23. The van der Waals surface area contributed by atoms with E-state index in [0.29, 0.717) is 29.5 Å². The van der Waals surface area contributed by atoms with Crippen LogP contribution in [0.25, 0.3) is 17.0 Å². The third-order valence-corrected chi connectivity index (χ3v) is 4.44. The van der Waals surface area contributed by atoms with Crippen LogP contribution in [0.15, 0.2) is 18.6 Å². The molecule has 0 aromatic carbocycles. The number of hydrogen-bond acceptors (Lipinski definition) is 7. The Balaban J connectivity index is 1.98. The van der Waals surface area contributed by atoms with Crippen LogP contribution in [0.4, 0.5) is 0 Å². The molecule has 0 atom stereocenters. The lowest BCUT2D eigenvalue weighted by Crippen LogP contribution is -2.20. The highest BCUT2D eigenvalue weighted by Gasteiger charge is 2.22. The molecular weight excluding hydrogens is 360 g/mol. The first-order chi connectivity index (χ1) is 13.4. The largest absolute Gasteiger partial charge is 0.479 e. The quantitative estimate of drug-likeness (QED) is 0.549. The summed E-state index contributed by atoms with van der Waals surface area (Å²) in [7, 11) is 1.56. The van der Waals surface area contributed by atoms with Crippen LogP contribution in [-0.2, 0) is 11.3 Å². The first kappa shape index (κ1) is 19.8. The normalized spacial score (nSPS) is 11.8. The number of esters is 1. The number of nitrogens with zero attached hydrogens (tertiary/aromatic N) is 6. The molecule has 0 bridgehead atoms. The smallest absolute Gasteiger partial charge is 0.341 e. The van der Waals surface area contributed by atoms with E-state index in [9.17, 15) is 4.79 Å². The molecule has 3 heterocycles. The van der Waals surface area contributed by atoms with E-state index in [-0.39, 0.29) is 5.41 Å². The van der Waals surface area contributed by atoms with Crippen molar-refractivity contribution in [1.29, 1.82) is 0 Å². The molecule has 0 fully saturated rings. The Hall–Kier alpha value is -2.97. The number of rotatable bonds is 8. The van der Waals surface area contributed by atoms with Gasteiger partial charge in [0.25, 0.3) is 5.95 Å². The molecule has 28 heavy (non-hydrogen) atoms. The molecule has 0 aliphatic carbocycles. The minimum absolute atomic E-state index is 0.0912. The van der Waals surface area contributed by atoms with Crippen LogP contribution in [0.3, 0.4) is 0 Å². The minimum Gasteiger partial charge on any atom is -0.479 e. The summed E-state index contributed by atoms with van der Waals surface area (Å²) in [4.78, 5) is 20.9. The molecule has 9 heteroatoms. The maximum atomic E-state index is 11.9. The number of fused-ring (bicyclic) bond motifs is 1. The summed E-state index contributed by atoms with van der Waals surface area (Å²) >= 11 is 0. The van der Waals surface area contributed by atoms with Gasteiger partial charge in [0.2, 0.25) is 5.88 Å². The lowest BCUT2D eigenvalue weighted by molar-refractivity contribution is 0.0526. The van der Waals surface area contributed by atoms with Gasteiger partial charge in [0.1, 0.15) is 11.0 Å². The second-order valence-corrected chi connectivity index (χ2v) is 7.38. The van der Waals surface area contributed by atoms with Crippen molar-refractivity contribution in [3.63, 3.8) is 0 Å². The van der Waals surface area contributed by atoms with Crippen LogP contribution < -0.4 is 4.74 Å². The third kappa shape index (κ3) is 3.97. The average molecular weight is 386 g/mol. The Morgan fingerprint density at radius 3 is 2.64 bits per heavy atom. The molecule has 0 spiro atoms. The maximum Gasteiger partial charge on any atom is 0.341 e. The molecule has 9 nitrogen and oxygen atoms in total. The number of ether oxygens (including phenoxy) is 2. The zero-order valence-corrected chi connectivity index (χ0v) is 17.0. The van der Waals surface area contributed by atoms with Gasteiger partial charge in [-0.05, 0) is 18.8 Å². The Morgan fingerprint density at radius 2 is 1.96 bits per heavy atom. The van der Waals surface area contributed by atoms with Gasteiger partial charge in [-0.15, -0.1) is 0 Å². The summed E-state index contributed by atoms with van der Waals surface area (Å²) < 4.78 is 13.8. The van der Waals surface area contributed by atoms with Crippen molar-refractivity contribution in [2.45, 2.75) is 47.1 Å². The van der Waals surface area contributed by atoms with Crippen molar-refractivity contribution in [2.24, 2.45) is 5.41 Å². The van der Waals surface area contributed by atoms with Gasteiger partial charge in [-0.2, -0.15) is 15.2 Å². The Kier molecular flexibility index (Phi) is 5.62. The fourth-order valence-electron chi connectivity index (χ4n) is 3.23. The molecule has 0 N–H and O–H groups in total. The second-order valence-electron chi connectivity index (χ2n) is 7.38. The highest BCUT2D eigenvalue weighted by atomic mass is 16.5. The highest BCUT2D eigenvalue weighted by Crippen LogP contribution is 2.29. The number of carbonyl (C=O) groups excluding carboxylic acids is 1. The fraction of sp³-hybridized carbons (Fsp3) is 0.526. The monoisotopic (exact) mass is 386 g/mol. The standard InChI is InChI=1S/C19H26N6O3/c1-6-8-19(3,4)12-25-15-14(10-21-25)22-18(23-16(15)27-5)24-11-13(9-20-24)17(26)28-7-2/h9-11H,6-8,12H2,1-5H3. The lowest BCUT2D eigenvalue weighted by Gasteiger charge is -2.24. The van der Waals surface area contributed by atoms with Gasteiger partial charge in [0.15, 0.2) is 0 Å². The zero-order chi connectivity index (χ0) is 20.3. The van der Waals surface area contributed by atoms with E-state index in [1.165, 1.54) is 17.1 Å². The summed E-state index contributed by atoms with van der Waals surface area (Å²) in [6.45, 7) is 9.39. The van der Waals surface area contributed by atoms with Crippen molar-refractivity contribution in [3.8, 4) is 11.8 Å². The molecule has 0 unspecified atom stereocenters. The number of hydrogen-bond donors (Lipinski definition) is 0. The summed E-state index contributed by atoms with van der Waals surface area (Å²) in [6, 6.07) is 0. The predicted octanol–water partition coefficient (Wildman–Crippen LogP) is 3.02. The van der Waals surface area contributed by atoms with Crippen molar-refractivity contribution in [3.05, 3.63) is 24.2 Å². The molecule has 0 saturated heterocycles. The van der Waals surface area contributed by atoms with Crippen LogP contribution in [-0.4, -0.2) is 49.2 Å². The molecule has 0 radical (unpaired) electrons. The second kappa shape index (κ2) is 7.95. The molecule has 150 valence electrons. The number of carbonyl (C=O) groups is 1. The Labute approximate surface area is 163 Å². The van der Waals surface area contributed by atoms with E-state index in [1.807, 2.05) is 4.68 Å². The number of aromatic nitrogens is 6. The van der Waals surface area contributed by atoms with Crippen molar-refractivity contribution < 1.29 is 14.3 Å². The van der Waals surface area contributed by atoms with E-state index >= 15 is 0 Å². The van der Waals surface area contributed by atoms with Gasteiger partial charge in [-0.3, -0.25) is 4.68 Å². The summed E-state index contributed by atoms with van der Waals surface area (Å²) in [6.07, 6.45) is 6.84. The molecule has 3 aromatic heterocycles. The van der Waals surface area contributed by atoms with Gasteiger partial charge < -0.3 is 9.47 Å². The molecule has 0 saturated carbocycles. The molecule has 3 rings (SSSR count). The number of methoxy groups -OCH3 is 1. The van der Waals surface area contributed by atoms with Gasteiger partial charge >= 0.3 is 5.97 Å². The van der Waals surface area contributed by atoms with Crippen molar-refractivity contribution >= 4 is 17.0 Å². The van der Waals surface area contributed by atoms with Crippen molar-refractivity contribution in [1.82, 2.24) is 29.5 Å². The molecule has 0 aliphatic heterocycles. The summed E-state index contributed by atoms with van der Waals surface area (Å²) in [5.74, 6) is 0.276. The third-order valence-electron chi connectivity index (χ3n) is 4.44. The lowest BCUT2D eigenvalue weighted by atomic mass is 9.88. The van der Waals surface area contributed by atoms with E-state index < -0.39 is 5.97 Å². The molecule has 0 aliphatic rings. The van der Waals surface area contributed by atoms with E-state index in [0.717, 1.165) is 24.9 Å². The average Bonchev–Trinajstić information content (AvgIpc) is 3.28. The SMILES string of the molecule is CCCC(C)(C)Cn1ncc2nc(-n3cc(C(=O)OCC)cn3)nc(OC)c21. The zero-order valence-electron chi connectivity index (χ0n) is 17.0. The van der Waals surface area contributed by atoms with Gasteiger partial charge in [-0.1, -0.05) is 27.2 Å².